The summed E-state index contributed by atoms with van der Waals surface area (Å²) in [6, 6.07) is 7.48. The van der Waals surface area contributed by atoms with Gasteiger partial charge in [0.1, 0.15) is 11.4 Å². The fraction of sp³-hybridized carbons (Fsp3) is 0.316. The number of hydrogen-bond donors (Lipinski definition) is 2. The summed E-state index contributed by atoms with van der Waals surface area (Å²) in [6.45, 7) is 0.0813. The van der Waals surface area contributed by atoms with E-state index in [9.17, 15) is 13.2 Å². The van der Waals surface area contributed by atoms with Crippen LogP contribution in [0.15, 0.2) is 46.6 Å². The highest BCUT2D eigenvalue weighted by molar-refractivity contribution is 6.33. The maximum atomic E-state index is 12.7. The first kappa shape index (κ1) is 20.9. The Morgan fingerprint density at radius 2 is 2.10 bits per heavy atom. The average Bonchev–Trinajstić information content (AvgIpc) is 2.65. The molecule has 0 radical (unpaired) electrons. The lowest BCUT2D eigenvalue weighted by Gasteiger charge is -2.26. The molecular weight excluding hydrogens is 407 g/mol. The van der Waals surface area contributed by atoms with Crippen molar-refractivity contribution in [3.8, 4) is 5.75 Å². The van der Waals surface area contributed by atoms with Crippen molar-refractivity contribution in [2.45, 2.75) is 31.5 Å². The molecule has 0 saturated heterocycles. The van der Waals surface area contributed by atoms with Gasteiger partial charge in [0.05, 0.1) is 35.3 Å². The van der Waals surface area contributed by atoms with Gasteiger partial charge in [0.2, 0.25) is 0 Å². The monoisotopic (exact) mass is 425 g/mol. The van der Waals surface area contributed by atoms with Crippen molar-refractivity contribution in [2.24, 2.45) is 15.9 Å². The van der Waals surface area contributed by atoms with Crippen LogP contribution < -0.4 is 15.9 Å². The SMILES string of the molecule is N/N=C(\C=Nc1ccc(OC2CCC2)c(Cl)c1)CNc1ccnc(C(F)(F)F)c1. The minimum Gasteiger partial charge on any atom is -0.489 e. The fourth-order valence-electron chi connectivity index (χ4n) is 2.50. The lowest BCUT2D eigenvalue weighted by molar-refractivity contribution is -0.141. The Labute approximate surface area is 170 Å². The van der Waals surface area contributed by atoms with Crippen LogP contribution in [-0.4, -0.2) is 29.6 Å². The van der Waals surface area contributed by atoms with E-state index in [-0.39, 0.29) is 18.3 Å². The summed E-state index contributed by atoms with van der Waals surface area (Å²) in [5.74, 6) is 5.96. The lowest BCUT2D eigenvalue weighted by Crippen LogP contribution is -2.24. The Morgan fingerprint density at radius 1 is 1.31 bits per heavy atom. The van der Waals surface area contributed by atoms with E-state index in [0.717, 1.165) is 31.5 Å². The third kappa shape index (κ3) is 5.83. The predicted octanol–water partition coefficient (Wildman–Crippen LogP) is 4.81. The highest BCUT2D eigenvalue weighted by Crippen LogP contribution is 2.33. The zero-order valence-corrected chi connectivity index (χ0v) is 16.0. The number of benzene rings is 1. The van der Waals surface area contributed by atoms with Gasteiger partial charge in [-0.25, -0.2) is 0 Å². The average molecular weight is 426 g/mol. The van der Waals surface area contributed by atoms with Crippen molar-refractivity contribution in [1.29, 1.82) is 0 Å². The van der Waals surface area contributed by atoms with E-state index < -0.39 is 11.9 Å². The predicted molar refractivity (Wildman–Crippen MR) is 107 cm³/mol. The normalized spacial score (nSPS) is 15.4. The number of ether oxygens (including phenoxy) is 1. The number of hydrogen-bond acceptors (Lipinski definition) is 6. The van der Waals surface area contributed by atoms with Crippen LogP contribution in [0.2, 0.25) is 5.02 Å². The molecule has 29 heavy (non-hydrogen) atoms. The second kappa shape index (κ2) is 9.13. The van der Waals surface area contributed by atoms with Crippen molar-refractivity contribution in [3.63, 3.8) is 0 Å². The van der Waals surface area contributed by atoms with E-state index >= 15 is 0 Å². The number of halogens is 4. The standard InChI is InChI=1S/C19H19ClF3N5O/c20-16-8-12(4-5-17(16)29-15-2-1-3-15)26-10-14(28-24)11-27-13-6-7-25-18(9-13)19(21,22)23/h4-10,15H,1-3,11,24H2,(H,25,27)/b26-10?,28-14+. The first-order valence-electron chi connectivity index (χ1n) is 8.89. The van der Waals surface area contributed by atoms with Gasteiger partial charge in [-0.2, -0.15) is 18.3 Å². The number of rotatable bonds is 7. The molecule has 1 saturated carbocycles. The number of pyridine rings is 1. The van der Waals surface area contributed by atoms with Crippen LogP contribution in [0.5, 0.6) is 5.75 Å². The summed E-state index contributed by atoms with van der Waals surface area (Å²) in [6.07, 6.45) is 1.41. The molecule has 0 atom stereocenters. The fourth-order valence-corrected chi connectivity index (χ4v) is 2.71. The van der Waals surface area contributed by atoms with Gasteiger partial charge in [-0.1, -0.05) is 11.6 Å². The molecule has 3 N–H and O–H groups in total. The Balaban J connectivity index is 1.60. The highest BCUT2D eigenvalue weighted by atomic mass is 35.5. The van der Waals surface area contributed by atoms with Gasteiger partial charge >= 0.3 is 6.18 Å². The van der Waals surface area contributed by atoms with E-state index in [4.69, 9.17) is 22.2 Å². The summed E-state index contributed by atoms with van der Waals surface area (Å²) >= 11 is 6.23. The first-order valence-corrected chi connectivity index (χ1v) is 9.27. The molecule has 1 fully saturated rings. The third-order valence-corrected chi connectivity index (χ3v) is 4.61. The van der Waals surface area contributed by atoms with Crippen LogP contribution in [0.4, 0.5) is 24.5 Å². The van der Waals surface area contributed by atoms with Gasteiger partial charge in [0.15, 0.2) is 0 Å². The molecule has 1 aliphatic carbocycles. The third-order valence-electron chi connectivity index (χ3n) is 4.31. The molecule has 1 aliphatic rings. The van der Waals surface area contributed by atoms with Crippen LogP contribution in [0.3, 0.4) is 0 Å². The Morgan fingerprint density at radius 3 is 2.72 bits per heavy atom. The number of nitrogens with two attached hydrogens (primary N) is 1. The Bertz CT molecular complexity index is 913. The summed E-state index contributed by atoms with van der Waals surface area (Å²) < 4.78 is 43.9. The molecule has 154 valence electrons. The minimum absolute atomic E-state index is 0.0813. The van der Waals surface area contributed by atoms with E-state index in [0.29, 0.717) is 22.2 Å². The molecule has 1 aromatic heterocycles. The molecule has 0 amide bonds. The summed E-state index contributed by atoms with van der Waals surface area (Å²) in [5.41, 5.74) is 0.158. The molecule has 1 heterocycles. The molecule has 0 spiro atoms. The number of hydrazone groups is 1. The molecule has 0 unspecified atom stereocenters. The molecule has 3 rings (SSSR count). The zero-order chi connectivity index (χ0) is 20.9. The number of nitrogens with zero attached hydrogens (tertiary/aromatic N) is 3. The van der Waals surface area contributed by atoms with E-state index in [1.165, 1.54) is 12.3 Å². The molecule has 0 aliphatic heterocycles. The van der Waals surface area contributed by atoms with E-state index in [1.54, 1.807) is 18.2 Å². The van der Waals surface area contributed by atoms with Gasteiger partial charge in [-0.3, -0.25) is 9.98 Å². The largest absolute Gasteiger partial charge is 0.489 e. The zero-order valence-electron chi connectivity index (χ0n) is 15.3. The van der Waals surface area contributed by atoms with Gasteiger partial charge in [0, 0.05) is 11.9 Å². The van der Waals surface area contributed by atoms with Gasteiger partial charge in [-0.15, -0.1) is 0 Å². The van der Waals surface area contributed by atoms with Crippen molar-refractivity contribution >= 4 is 34.9 Å². The Hall–Kier alpha value is -2.81. The van der Waals surface area contributed by atoms with E-state index in [2.05, 4.69) is 20.4 Å². The van der Waals surface area contributed by atoms with Crippen molar-refractivity contribution in [2.75, 3.05) is 11.9 Å². The van der Waals surface area contributed by atoms with E-state index in [1.807, 2.05) is 0 Å². The molecule has 1 aromatic carbocycles. The Kier molecular flexibility index (Phi) is 6.58. The van der Waals surface area contributed by atoms with Crippen molar-refractivity contribution in [1.82, 2.24) is 4.98 Å². The van der Waals surface area contributed by atoms with Crippen molar-refractivity contribution < 1.29 is 17.9 Å². The van der Waals surface area contributed by atoms with Crippen LogP contribution in [0.25, 0.3) is 0 Å². The number of aliphatic imine (C=N–C) groups is 1. The summed E-state index contributed by atoms with van der Waals surface area (Å²) in [7, 11) is 0. The van der Waals surface area contributed by atoms with Gasteiger partial charge < -0.3 is 15.9 Å². The first-order chi connectivity index (χ1) is 13.8. The molecule has 6 nitrogen and oxygen atoms in total. The number of anilines is 1. The second-order valence-corrected chi connectivity index (χ2v) is 6.85. The van der Waals surface area contributed by atoms with Gasteiger partial charge in [-0.05, 0) is 49.6 Å². The minimum atomic E-state index is -4.52. The number of aromatic nitrogens is 1. The van der Waals surface area contributed by atoms with Crippen LogP contribution in [0.1, 0.15) is 25.0 Å². The lowest BCUT2D eigenvalue weighted by atomic mass is 9.96. The second-order valence-electron chi connectivity index (χ2n) is 6.45. The summed E-state index contributed by atoms with van der Waals surface area (Å²) in [4.78, 5) is 7.56. The molecular formula is C19H19ClF3N5O. The summed E-state index contributed by atoms with van der Waals surface area (Å²) in [5, 5.41) is 6.86. The van der Waals surface area contributed by atoms with Gasteiger partial charge in [0.25, 0.3) is 0 Å². The van der Waals surface area contributed by atoms with Crippen LogP contribution in [-0.2, 0) is 6.18 Å². The van der Waals surface area contributed by atoms with Crippen molar-refractivity contribution in [3.05, 3.63) is 47.2 Å². The topological polar surface area (TPSA) is 84.9 Å². The quantitative estimate of drug-likeness (QED) is 0.378. The number of alkyl halides is 3. The smallest absolute Gasteiger partial charge is 0.433 e. The highest BCUT2D eigenvalue weighted by Gasteiger charge is 2.32. The number of nitrogens with one attached hydrogen (secondary N) is 1. The van der Waals surface area contributed by atoms with Crippen LogP contribution >= 0.6 is 11.6 Å². The van der Waals surface area contributed by atoms with Crippen LogP contribution in [0, 0.1) is 0 Å². The molecule has 10 heteroatoms. The molecule has 2 aromatic rings. The maximum Gasteiger partial charge on any atom is 0.433 e. The molecule has 0 bridgehead atoms. The maximum absolute atomic E-state index is 12.7.